The molecule has 8 amide bonds. The summed E-state index contributed by atoms with van der Waals surface area (Å²) in [5.41, 5.74) is 1.15. The molecule has 0 radical (unpaired) electrons. The van der Waals surface area contributed by atoms with Gasteiger partial charge in [0.25, 0.3) is 0 Å². The molecule has 3 saturated heterocycles. The van der Waals surface area contributed by atoms with E-state index in [1.165, 1.54) is 37.9 Å². The predicted molar refractivity (Wildman–Crippen MR) is 449 cm³/mol. The van der Waals surface area contributed by atoms with Gasteiger partial charge in [-0.2, -0.15) is 0 Å². The fraction of sp³-hybridized carbons (Fsp3) is 0.461. The van der Waals surface area contributed by atoms with Crippen LogP contribution in [0.2, 0.25) is 0 Å². The summed E-state index contributed by atoms with van der Waals surface area (Å²) in [7, 11) is 3.23. The van der Waals surface area contributed by atoms with Crippen LogP contribution in [0, 0.1) is 16.7 Å². The van der Waals surface area contributed by atoms with Gasteiger partial charge in [-0.05, 0) is 146 Å². The second-order valence-electron chi connectivity index (χ2n) is 34.1. The molecule has 648 valence electrons. The Balaban J connectivity index is 0.00000111. The summed E-state index contributed by atoms with van der Waals surface area (Å²) in [5, 5.41) is 72.6. The number of aliphatic hydroxyl groups is 1. The first-order valence-corrected chi connectivity index (χ1v) is 41.1. The van der Waals surface area contributed by atoms with Crippen LogP contribution in [-0.4, -0.2) is 231 Å². The minimum atomic E-state index is -1.53. The molecule has 8 bridgehead atoms. The van der Waals surface area contributed by atoms with Crippen LogP contribution in [0.3, 0.4) is 0 Å². The van der Waals surface area contributed by atoms with Gasteiger partial charge in [-0.25, -0.2) is 14.2 Å². The molecule has 10 N–H and O–H groups in total. The number of carboxylic acids is 2. The van der Waals surface area contributed by atoms with Crippen LogP contribution in [-0.2, 0) is 96.4 Å². The molecule has 6 aromatic carbocycles. The SMILES string of the molecule is CC(=O)[C@@H]1[C@@H](O)CCN1C(C)=O.CN[C@@H](C)C(=O)N[C@H](C(=O)N1CC[C@@H]2[C@H]1C(=O)N[C@@H](Cc1ccc3ccccc3c1)C(=O)C[C@H](C(=O)O)Cc1ccc(cc1)OCc1cn(nn1)[C@@H]1CCN(C(=O)[C@@H](NC(=O)[C@H](C)NC)C(C)(C)C)[C@@H]1C(=O)N[C@@H](Cc1ccc3ccccc3c1)C(=O)N[C@H](C(=O)O)Cc1ccc(cc1)OCc1cn2nn1)C(C)(C)C. The van der Waals surface area contributed by atoms with Gasteiger partial charge >= 0.3 is 11.9 Å². The number of aromatic nitrogens is 6. The van der Waals surface area contributed by atoms with Crippen molar-refractivity contribution in [3.8, 4) is 11.5 Å². The minimum Gasteiger partial charge on any atom is -0.487 e. The van der Waals surface area contributed by atoms with E-state index in [4.69, 9.17) is 9.47 Å². The second kappa shape index (κ2) is 39.4. The molecule has 7 aliphatic rings. The molecule has 0 saturated carbocycles. The number of likely N-dealkylation sites (tertiary alicyclic amines) is 3. The highest BCUT2D eigenvalue weighted by molar-refractivity contribution is 5.99. The number of ether oxygens (including phenoxy) is 2. The summed E-state index contributed by atoms with van der Waals surface area (Å²) in [6.07, 6.45) is 2.28. The number of nitrogens with one attached hydrogen (secondary N) is 7. The molecule has 0 unspecified atom stereocenters. The van der Waals surface area contributed by atoms with Crippen molar-refractivity contribution in [3.63, 3.8) is 0 Å². The number of rotatable bonds is 15. The number of ketones is 2. The number of benzene rings is 6. The minimum absolute atomic E-state index is 0.000389. The summed E-state index contributed by atoms with van der Waals surface area (Å²) in [5.74, 6) is -8.53. The number of hydrogen-bond donors (Lipinski definition) is 10. The van der Waals surface area contributed by atoms with Crippen molar-refractivity contribution in [2.75, 3.05) is 33.7 Å². The normalized spacial score (nSPS) is 22.5. The van der Waals surface area contributed by atoms with Crippen molar-refractivity contribution in [2.24, 2.45) is 16.7 Å². The fourth-order valence-corrected chi connectivity index (χ4v) is 15.9. The maximum Gasteiger partial charge on any atom is 0.326 e. The monoisotopic (exact) mass is 1670 g/mol. The topological polar surface area (TPSA) is 439 Å². The molecule has 3 fully saturated rings. The third-order valence-electron chi connectivity index (χ3n) is 23.1. The van der Waals surface area contributed by atoms with Gasteiger partial charge in [-0.15, -0.1) is 10.2 Å². The van der Waals surface area contributed by atoms with Gasteiger partial charge in [0.15, 0.2) is 11.6 Å². The molecule has 9 heterocycles. The van der Waals surface area contributed by atoms with Crippen molar-refractivity contribution in [1.29, 1.82) is 0 Å². The lowest BCUT2D eigenvalue weighted by atomic mass is 9.85. The average molecular weight is 1680 g/mol. The van der Waals surface area contributed by atoms with E-state index in [0.717, 1.165) is 21.5 Å². The number of aliphatic hydroxyl groups excluding tert-OH is 1. The van der Waals surface area contributed by atoms with E-state index >= 15 is 28.8 Å². The molecule has 33 heteroatoms. The Kier molecular flexibility index (Phi) is 29.2. The van der Waals surface area contributed by atoms with E-state index in [0.29, 0.717) is 58.1 Å². The Hall–Kier alpha value is -12.4. The highest BCUT2D eigenvalue weighted by Crippen LogP contribution is 2.36. The van der Waals surface area contributed by atoms with E-state index in [-0.39, 0.29) is 76.5 Å². The molecule has 0 aliphatic carbocycles. The van der Waals surface area contributed by atoms with Crippen LogP contribution in [0.25, 0.3) is 21.5 Å². The lowest BCUT2D eigenvalue weighted by Crippen LogP contribution is -2.61. The van der Waals surface area contributed by atoms with Gasteiger partial charge in [0.05, 0.1) is 54.6 Å². The van der Waals surface area contributed by atoms with Gasteiger partial charge in [0, 0.05) is 45.8 Å². The number of Topliss-reactive ketones (excluding diaryl/α,β-unsaturated/α-hetero) is 2. The number of amides is 8. The Bertz CT molecular complexity index is 4860. The van der Waals surface area contributed by atoms with Crippen molar-refractivity contribution in [1.82, 2.24) is 81.9 Å². The maximum atomic E-state index is 15.6. The van der Waals surface area contributed by atoms with Crippen LogP contribution in [0.15, 0.2) is 146 Å². The summed E-state index contributed by atoms with van der Waals surface area (Å²) in [4.78, 5) is 172. The van der Waals surface area contributed by atoms with Gasteiger partial charge in [0.2, 0.25) is 47.3 Å². The third-order valence-corrected chi connectivity index (χ3v) is 23.1. The van der Waals surface area contributed by atoms with Crippen molar-refractivity contribution < 1.29 is 82.3 Å². The van der Waals surface area contributed by atoms with Crippen LogP contribution in [0.1, 0.15) is 141 Å². The molecule has 7 aliphatic heterocycles. The predicted octanol–water partition coefficient (Wildman–Crippen LogP) is 4.94. The number of carboxylic acid groups (broad SMARTS) is 2. The van der Waals surface area contributed by atoms with Gasteiger partial charge in [0.1, 0.15) is 78.4 Å². The first-order valence-electron chi connectivity index (χ1n) is 41.1. The molecule has 122 heavy (non-hydrogen) atoms. The van der Waals surface area contributed by atoms with Gasteiger partial charge in [-0.1, -0.05) is 161 Å². The first-order chi connectivity index (χ1) is 58.0. The van der Waals surface area contributed by atoms with Gasteiger partial charge < -0.3 is 76.7 Å². The molecular weight excluding hydrogens is 1570 g/mol. The molecule has 15 rings (SSSR count). The number of carbonyl (C=O) groups excluding carboxylic acids is 10. The lowest BCUT2D eigenvalue weighted by molar-refractivity contribution is -0.146. The maximum absolute atomic E-state index is 15.6. The zero-order valence-corrected chi connectivity index (χ0v) is 70.7. The molecule has 14 atom stereocenters. The smallest absolute Gasteiger partial charge is 0.326 e. The summed E-state index contributed by atoms with van der Waals surface area (Å²) in [6, 6.07) is 26.4. The highest BCUT2D eigenvalue weighted by Gasteiger charge is 2.51. The Morgan fingerprint density at radius 2 is 0.943 bits per heavy atom. The third kappa shape index (κ3) is 22.2. The standard InChI is InChI=1S/C81H97N15O14.C8H13NO3/c1-46(82-9)71(98)87-69(80(3,4)5)76(103)93-33-31-64-67(93)74(101)84-61(39-50-19-25-52-15-11-13-17-54(52)36-50)66(97)41-56(78(105)106)35-48-21-27-59(28-22-48)109-44-58-43-96(92-90-58)65-32-34-94(77(104)70(81(6,7)8)88-72(99)47(2)83-10)68(65)75(102)85-62(40-51-20-26-53-16-12-14-18-55(53)37-51)73(100)86-63(79(107)108)38-49-23-29-60(30-24-49)110-45-57-42-95(64)91-89-57;1-5(10)8-7(12)3-4-9(8)6(2)11/h11-30,36-37,42-43,46-47,56,61-65,67-70,82-83H,31-35,38-41,44-45H2,1-10H3,(H,84,101)(H,85,102)(H,86,100)(H,87,98)(H,88,99)(H,105,106)(H,107,108);7-8,12H,3-4H2,1-2H3/t46-,47-,56+,61-,62-,63-,64+,65+,67-,68-,69+,70+;7-,8+/m00/s1. The Morgan fingerprint density at radius 1 is 0.516 bits per heavy atom. The second-order valence-corrected chi connectivity index (χ2v) is 34.1. The number of aliphatic carboxylic acids is 2. The molecule has 2 aromatic heterocycles. The molecular formula is C89H110N16O17. The number of carbonyl (C=O) groups is 12. The van der Waals surface area contributed by atoms with Crippen LogP contribution < -0.4 is 46.7 Å². The number of hydrogen-bond acceptors (Lipinski definition) is 21. The Labute approximate surface area is 707 Å². The lowest BCUT2D eigenvalue weighted by Gasteiger charge is -2.37. The number of nitrogens with zero attached hydrogens (tertiary/aromatic N) is 9. The van der Waals surface area contributed by atoms with E-state index in [1.54, 1.807) is 130 Å². The largest absolute Gasteiger partial charge is 0.487 e. The fourth-order valence-electron chi connectivity index (χ4n) is 15.9. The highest BCUT2D eigenvalue weighted by atomic mass is 16.5. The quantitative estimate of drug-likeness (QED) is 0.0650. The Morgan fingerprint density at radius 3 is 1.35 bits per heavy atom. The zero-order chi connectivity index (χ0) is 88.2. The summed E-state index contributed by atoms with van der Waals surface area (Å²) < 4.78 is 15.3. The molecule has 8 aromatic rings. The number of likely N-dealkylation sites (N-methyl/N-ethyl adjacent to an activating group) is 2. The van der Waals surface area contributed by atoms with E-state index in [1.807, 2.05) is 84.9 Å². The van der Waals surface area contributed by atoms with Crippen molar-refractivity contribution in [3.05, 3.63) is 179 Å². The van der Waals surface area contributed by atoms with Crippen molar-refractivity contribution in [2.45, 2.75) is 212 Å². The van der Waals surface area contributed by atoms with Crippen molar-refractivity contribution >= 4 is 92.3 Å². The van der Waals surface area contributed by atoms with Crippen LogP contribution >= 0.6 is 0 Å². The van der Waals surface area contributed by atoms with E-state index in [9.17, 15) is 44.1 Å². The van der Waals surface area contributed by atoms with Crippen LogP contribution in [0.4, 0.5) is 0 Å². The van der Waals surface area contributed by atoms with Gasteiger partial charge in [-0.3, -0.25) is 52.7 Å². The average Bonchev–Trinajstić information content (AvgIpc) is 1.62. The summed E-state index contributed by atoms with van der Waals surface area (Å²) in [6.45, 7) is 17.0. The van der Waals surface area contributed by atoms with E-state index in [2.05, 4.69) is 57.8 Å². The number of fused-ring (bicyclic) bond motifs is 2. The first kappa shape index (κ1) is 90.4. The summed E-state index contributed by atoms with van der Waals surface area (Å²) >= 11 is 0. The zero-order valence-electron chi connectivity index (χ0n) is 70.7. The molecule has 33 nitrogen and oxygen atoms in total. The van der Waals surface area contributed by atoms with E-state index < -0.39 is 161 Å². The van der Waals surface area contributed by atoms with Crippen LogP contribution in [0.5, 0.6) is 11.5 Å². The molecule has 0 spiro atoms.